The summed E-state index contributed by atoms with van der Waals surface area (Å²) >= 11 is 0. The summed E-state index contributed by atoms with van der Waals surface area (Å²) in [5, 5.41) is 8.54. The van der Waals surface area contributed by atoms with Crippen molar-refractivity contribution < 1.29 is 9.53 Å². The fourth-order valence-corrected chi connectivity index (χ4v) is 2.80. The van der Waals surface area contributed by atoms with Gasteiger partial charge < -0.3 is 15.4 Å². The highest BCUT2D eigenvalue weighted by Gasteiger charge is 2.19. The van der Waals surface area contributed by atoms with Crippen LogP contribution >= 0.6 is 12.4 Å². The standard InChI is InChI=1S/C18H22N2O2.ClH/c21-18(17-7-3-4-10-19-17)20-11-12-22-16-9-8-14-5-1-2-6-15(14)13-16;/h1-2,5-6,8-9,13,17,19H,3-4,7,10-12H2,(H,20,21);1H. The molecule has 4 nitrogen and oxygen atoms in total. The second-order valence-corrected chi connectivity index (χ2v) is 5.65. The Labute approximate surface area is 143 Å². The van der Waals surface area contributed by atoms with Crippen LogP contribution in [0.1, 0.15) is 19.3 Å². The molecule has 23 heavy (non-hydrogen) atoms. The predicted octanol–water partition coefficient (Wildman–Crippen LogP) is 2.90. The van der Waals surface area contributed by atoms with Gasteiger partial charge in [-0.1, -0.05) is 36.8 Å². The minimum Gasteiger partial charge on any atom is -0.492 e. The Morgan fingerprint density at radius 3 is 2.78 bits per heavy atom. The molecule has 1 aliphatic heterocycles. The van der Waals surface area contributed by atoms with Gasteiger partial charge in [-0.05, 0) is 42.3 Å². The number of nitrogens with one attached hydrogen (secondary N) is 2. The second kappa shape index (κ2) is 8.75. The third kappa shape index (κ3) is 4.85. The Bertz CT molecular complexity index is 642. The smallest absolute Gasteiger partial charge is 0.237 e. The maximum atomic E-state index is 12.0. The molecule has 1 amide bonds. The van der Waals surface area contributed by atoms with Gasteiger partial charge in [-0.2, -0.15) is 0 Å². The summed E-state index contributed by atoms with van der Waals surface area (Å²) in [4.78, 5) is 12.0. The van der Waals surface area contributed by atoms with Crippen molar-refractivity contribution in [3.8, 4) is 5.75 Å². The Morgan fingerprint density at radius 2 is 2.00 bits per heavy atom. The van der Waals surface area contributed by atoms with Gasteiger partial charge in [0.15, 0.2) is 0 Å². The topological polar surface area (TPSA) is 50.4 Å². The minimum absolute atomic E-state index is 0. The van der Waals surface area contributed by atoms with Gasteiger partial charge in [0.05, 0.1) is 12.6 Å². The van der Waals surface area contributed by atoms with E-state index in [-0.39, 0.29) is 24.4 Å². The average molecular weight is 335 g/mol. The van der Waals surface area contributed by atoms with Crippen LogP contribution < -0.4 is 15.4 Å². The number of carbonyl (C=O) groups is 1. The molecule has 5 heteroatoms. The summed E-state index contributed by atoms with van der Waals surface area (Å²) in [6, 6.07) is 14.2. The molecule has 3 rings (SSSR count). The third-order valence-electron chi connectivity index (χ3n) is 4.02. The maximum Gasteiger partial charge on any atom is 0.237 e. The Hall–Kier alpha value is -1.78. The molecular formula is C18H23ClN2O2. The van der Waals surface area contributed by atoms with Gasteiger partial charge in [0.2, 0.25) is 5.91 Å². The zero-order valence-corrected chi connectivity index (χ0v) is 13.9. The van der Waals surface area contributed by atoms with E-state index in [1.54, 1.807) is 0 Å². The molecule has 0 aromatic heterocycles. The van der Waals surface area contributed by atoms with Crippen LogP contribution in [0.2, 0.25) is 0 Å². The van der Waals surface area contributed by atoms with E-state index in [1.165, 1.54) is 5.39 Å². The lowest BCUT2D eigenvalue weighted by atomic mass is 10.0. The summed E-state index contributed by atoms with van der Waals surface area (Å²) in [5.74, 6) is 0.922. The fourth-order valence-electron chi connectivity index (χ4n) is 2.80. The number of hydrogen-bond donors (Lipinski definition) is 2. The van der Waals surface area contributed by atoms with E-state index in [9.17, 15) is 4.79 Å². The van der Waals surface area contributed by atoms with Crippen LogP contribution in [0.5, 0.6) is 5.75 Å². The van der Waals surface area contributed by atoms with Crippen LogP contribution in [-0.4, -0.2) is 31.6 Å². The molecule has 1 unspecified atom stereocenters. The molecule has 1 fully saturated rings. The molecule has 2 aromatic rings. The molecule has 2 aromatic carbocycles. The third-order valence-corrected chi connectivity index (χ3v) is 4.02. The largest absolute Gasteiger partial charge is 0.492 e. The van der Waals surface area contributed by atoms with Crippen LogP contribution in [-0.2, 0) is 4.79 Å². The average Bonchev–Trinajstić information content (AvgIpc) is 2.59. The van der Waals surface area contributed by atoms with Crippen LogP contribution in [0.15, 0.2) is 42.5 Å². The normalized spacial score (nSPS) is 17.3. The molecule has 1 atom stereocenters. The van der Waals surface area contributed by atoms with E-state index in [0.29, 0.717) is 13.2 Å². The monoisotopic (exact) mass is 334 g/mol. The van der Waals surface area contributed by atoms with Gasteiger partial charge in [0.25, 0.3) is 0 Å². The number of piperidine rings is 1. The minimum atomic E-state index is -0.0329. The van der Waals surface area contributed by atoms with Crippen molar-refractivity contribution in [3.05, 3.63) is 42.5 Å². The zero-order valence-electron chi connectivity index (χ0n) is 13.1. The van der Waals surface area contributed by atoms with Crippen molar-refractivity contribution in [3.63, 3.8) is 0 Å². The summed E-state index contributed by atoms with van der Waals surface area (Å²) in [6.07, 6.45) is 3.21. The highest BCUT2D eigenvalue weighted by atomic mass is 35.5. The number of carbonyl (C=O) groups excluding carboxylic acids is 1. The van der Waals surface area contributed by atoms with E-state index in [0.717, 1.165) is 36.9 Å². The first-order valence-corrected chi connectivity index (χ1v) is 7.96. The van der Waals surface area contributed by atoms with E-state index in [2.05, 4.69) is 28.8 Å². The lowest BCUT2D eigenvalue weighted by Gasteiger charge is -2.22. The molecule has 0 radical (unpaired) electrons. The van der Waals surface area contributed by atoms with E-state index >= 15 is 0 Å². The number of benzene rings is 2. The molecule has 1 heterocycles. The van der Waals surface area contributed by atoms with Crippen molar-refractivity contribution in [2.24, 2.45) is 0 Å². The van der Waals surface area contributed by atoms with E-state index < -0.39 is 0 Å². The van der Waals surface area contributed by atoms with E-state index in [1.807, 2.05) is 24.3 Å². The zero-order chi connectivity index (χ0) is 15.2. The molecule has 0 saturated carbocycles. The molecule has 124 valence electrons. The molecule has 1 saturated heterocycles. The summed E-state index contributed by atoms with van der Waals surface area (Å²) < 4.78 is 5.72. The number of ether oxygens (including phenoxy) is 1. The number of halogens is 1. The molecule has 0 spiro atoms. The summed E-state index contributed by atoms with van der Waals surface area (Å²) in [7, 11) is 0. The number of amides is 1. The first kappa shape index (κ1) is 17.6. The quantitative estimate of drug-likeness (QED) is 0.827. The SMILES string of the molecule is Cl.O=C(NCCOc1ccc2ccccc2c1)C1CCCCN1. The highest BCUT2D eigenvalue weighted by Crippen LogP contribution is 2.20. The first-order valence-electron chi connectivity index (χ1n) is 7.96. The van der Waals surface area contributed by atoms with Crippen molar-refractivity contribution in [2.75, 3.05) is 19.7 Å². The lowest BCUT2D eigenvalue weighted by Crippen LogP contribution is -2.47. The molecular weight excluding hydrogens is 312 g/mol. The Morgan fingerprint density at radius 1 is 1.17 bits per heavy atom. The summed E-state index contributed by atoms with van der Waals surface area (Å²) in [5.41, 5.74) is 0. The van der Waals surface area contributed by atoms with Crippen molar-refractivity contribution >= 4 is 29.1 Å². The van der Waals surface area contributed by atoms with Crippen LogP contribution in [0.3, 0.4) is 0 Å². The van der Waals surface area contributed by atoms with Crippen LogP contribution in [0.25, 0.3) is 10.8 Å². The summed E-state index contributed by atoms with van der Waals surface area (Å²) in [6.45, 7) is 1.95. The van der Waals surface area contributed by atoms with Gasteiger partial charge in [-0.3, -0.25) is 4.79 Å². The van der Waals surface area contributed by atoms with Crippen LogP contribution in [0, 0.1) is 0 Å². The second-order valence-electron chi connectivity index (χ2n) is 5.65. The van der Waals surface area contributed by atoms with Crippen molar-refractivity contribution in [2.45, 2.75) is 25.3 Å². The van der Waals surface area contributed by atoms with Gasteiger partial charge >= 0.3 is 0 Å². The van der Waals surface area contributed by atoms with E-state index in [4.69, 9.17) is 4.74 Å². The number of hydrogen-bond acceptors (Lipinski definition) is 3. The Kier molecular flexibility index (Phi) is 6.68. The van der Waals surface area contributed by atoms with Gasteiger partial charge in [0.1, 0.15) is 12.4 Å². The maximum absolute atomic E-state index is 12.0. The van der Waals surface area contributed by atoms with Gasteiger partial charge in [-0.25, -0.2) is 0 Å². The molecule has 0 bridgehead atoms. The fraction of sp³-hybridized carbons (Fsp3) is 0.389. The molecule has 1 aliphatic rings. The highest BCUT2D eigenvalue weighted by molar-refractivity contribution is 5.85. The van der Waals surface area contributed by atoms with Gasteiger partial charge in [-0.15, -0.1) is 12.4 Å². The lowest BCUT2D eigenvalue weighted by molar-refractivity contribution is -0.123. The van der Waals surface area contributed by atoms with Gasteiger partial charge in [0, 0.05) is 0 Å². The number of fused-ring (bicyclic) bond motifs is 1. The predicted molar refractivity (Wildman–Crippen MR) is 95.3 cm³/mol. The Balaban J connectivity index is 0.00000192. The molecule has 0 aliphatic carbocycles. The first-order chi connectivity index (χ1) is 10.8. The van der Waals surface area contributed by atoms with Crippen molar-refractivity contribution in [1.29, 1.82) is 0 Å². The number of rotatable bonds is 5. The van der Waals surface area contributed by atoms with Crippen LogP contribution in [0.4, 0.5) is 0 Å². The van der Waals surface area contributed by atoms with Crippen molar-refractivity contribution in [1.82, 2.24) is 10.6 Å². The molecule has 2 N–H and O–H groups in total.